The lowest BCUT2D eigenvalue weighted by molar-refractivity contribution is -0.125. The third-order valence-electron chi connectivity index (χ3n) is 4.01. The van der Waals surface area contributed by atoms with Gasteiger partial charge in [0.05, 0.1) is 5.92 Å². The Morgan fingerprint density at radius 1 is 1.39 bits per heavy atom. The van der Waals surface area contributed by atoms with Crippen LogP contribution in [0.1, 0.15) is 39.5 Å². The molecule has 0 saturated carbocycles. The van der Waals surface area contributed by atoms with Gasteiger partial charge < -0.3 is 16.0 Å². The molecule has 1 rings (SSSR count). The van der Waals surface area contributed by atoms with Gasteiger partial charge in [-0.15, -0.1) is 0 Å². The Labute approximate surface area is 111 Å². The second-order valence-corrected chi connectivity index (χ2v) is 5.34. The van der Waals surface area contributed by atoms with Gasteiger partial charge in [0.25, 0.3) is 0 Å². The molecule has 18 heavy (non-hydrogen) atoms. The Hall–Kier alpha value is -0.610. The molecule has 1 saturated heterocycles. The lowest BCUT2D eigenvalue weighted by Gasteiger charge is -2.31. The highest BCUT2D eigenvalue weighted by Gasteiger charge is 2.20. The Morgan fingerprint density at radius 2 is 2.06 bits per heavy atom. The molecule has 0 bridgehead atoms. The molecule has 1 heterocycles. The van der Waals surface area contributed by atoms with Crippen molar-refractivity contribution in [3.63, 3.8) is 0 Å². The Morgan fingerprint density at radius 3 is 2.56 bits per heavy atom. The number of carbonyl (C=O) groups excluding carboxylic acids is 1. The van der Waals surface area contributed by atoms with Crippen LogP contribution in [-0.4, -0.2) is 43.5 Å². The zero-order chi connectivity index (χ0) is 13.4. The van der Waals surface area contributed by atoms with Crippen LogP contribution in [0.4, 0.5) is 0 Å². The molecule has 1 atom stereocenters. The number of nitrogens with zero attached hydrogens (tertiary/aromatic N) is 1. The number of rotatable bonds is 7. The minimum absolute atomic E-state index is 0.00531. The van der Waals surface area contributed by atoms with Crippen LogP contribution in [-0.2, 0) is 4.79 Å². The average molecular weight is 255 g/mol. The summed E-state index contributed by atoms with van der Waals surface area (Å²) in [7, 11) is 0. The summed E-state index contributed by atoms with van der Waals surface area (Å²) in [6.45, 7) is 9.09. The molecule has 4 heteroatoms. The smallest absolute Gasteiger partial charge is 0.224 e. The zero-order valence-electron chi connectivity index (χ0n) is 12.0. The molecule has 0 aromatic carbocycles. The predicted molar refractivity (Wildman–Crippen MR) is 75.3 cm³/mol. The third kappa shape index (κ3) is 4.94. The zero-order valence-corrected chi connectivity index (χ0v) is 12.0. The monoisotopic (exact) mass is 255 g/mol. The number of nitrogens with two attached hydrogens (primary N) is 1. The molecule has 1 unspecified atom stereocenters. The van der Waals surface area contributed by atoms with Crippen molar-refractivity contribution in [3.8, 4) is 0 Å². The lowest BCUT2D eigenvalue weighted by Crippen LogP contribution is -2.41. The van der Waals surface area contributed by atoms with Gasteiger partial charge in [0.15, 0.2) is 0 Å². The Balaban J connectivity index is 2.22. The molecular formula is C14H29N3O. The number of hydrogen-bond acceptors (Lipinski definition) is 3. The summed E-state index contributed by atoms with van der Waals surface area (Å²) in [6.07, 6.45) is 4.32. The first-order chi connectivity index (χ1) is 8.71. The van der Waals surface area contributed by atoms with E-state index in [2.05, 4.69) is 24.1 Å². The molecule has 3 N–H and O–H groups in total. The number of piperidine rings is 1. The average Bonchev–Trinajstić information content (AvgIpc) is 2.42. The largest absolute Gasteiger partial charge is 0.356 e. The van der Waals surface area contributed by atoms with Crippen LogP contribution in [0.25, 0.3) is 0 Å². The lowest BCUT2D eigenvalue weighted by atomic mass is 9.96. The fraction of sp³-hybridized carbons (Fsp3) is 0.929. The van der Waals surface area contributed by atoms with E-state index in [-0.39, 0.29) is 11.8 Å². The SMILES string of the molecule is CCCC(CN)C(=O)NCC1CCN(CC)CC1. The van der Waals surface area contributed by atoms with Crippen LogP contribution < -0.4 is 11.1 Å². The van der Waals surface area contributed by atoms with Crippen LogP contribution in [0.15, 0.2) is 0 Å². The van der Waals surface area contributed by atoms with E-state index in [0.29, 0.717) is 12.5 Å². The van der Waals surface area contributed by atoms with E-state index in [4.69, 9.17) is 5.73 Å². The molecule has 1 aliphatic heterocycles. The van der Waals surface area contributed by atoms with Gasteiger partial charge in [-0.1, -0.05) is 20.3 Å². The summed E-state index contributed by atoms with van der Waals surface area (Å²) in [6, 6.07) is 0. The normalized spacial score (nSPS) is 19.7. The molecule has 106 valence electrons. The van der Waals surface area contributed by atoms with Crippen molar-refractivity contribution in [2.75, 3.05) is 32.7 Å². The number of carbonyl (C=O) groups is 1. The van der Waals surface area contributed by atoms with Crippen molar-refractivity contribution in [2.24, 2.45) is 17.6 Å². The maximum absolute atomic E-state index is 11.9. The van der Waals surface area contributed by atoms with E-state index in [1.54, 1.807) is 0 Å². The summed E-state index contributed by atoms with van der Waals surface area (Å²) in [5, 5.41) is 3.08. The highest BCUT2D eigenvalue weighted by molar-refractivity contribution is 5.78. The summed E-state index contributed by atoms with van der Waals surface area (Å²) in [5.41, 5.74) is 5.64. The maximum atomic E-state index is 11.9. The molecule has 0 radical (unpaired) electrons. The van der Waals surface area contributed by atoms with E-state index in [0.717, 1.165) is 25.9 Å². The van der Waals surface area contributed by atoms with Gasteiger partial charge >= 0.3 is 0 Å². The molecule has 1 fully saturated rings. The van der Waals surface area contributed by atoms with Gasteiger partial charge in [-0.2, -0.15) is 0 Å². The second-order valence-electron chi connectivity index (χ2n) is 5.34. The van der Waals surface area contributed by atoms with Crippen molar-refractivity contribution in [1.29, 1.82) is 0 Å². The number of hydrogen-bond donors (Lipinski definition) is 2. The number of likely N-dealkylation sites (tertiary alicyclic amines) is 1. The maximum Gasteiger partial charge on any atom is 0.224 e. The molecular weight excluding hydrogens is 226 g/mol. The van der Waals surface area contributed by atoms with Gasteiger partial charge in [-0.3, -0.25) is 4.79 Å². The summed E-state index contributed by atoms with van der Waals surface area (Å²) < 4.78 is 0. The first-order valence-corrected chi connectivity index (χ1v) is 7.41. The predicted octanol–water partition coefficient (Wildman–Crippen LogP) is 1.21. The molecule has 1 aliphatic rings. The third-order valence-corrected chi connectivity index (χ3v) is 4.01. The first kappa shape index (κ1) is 15.4. The summed E-state index contributed by atoms with van der Waals surface area (Å²) >= 11 is 0. The van der Waals surface area contributed by atoms with Gasteiger partial charge in [0.1, 0.15) is 0 Å². The van der Waals surface area contributed by atoms with Crippen LogP contribution in [0.2, 0.25) is 0 Å². The van der Waals surface area contributed by atoms with Crippen molar-refractivity contribution < 1.29 is 4.79 Å². The number of nitrogens with one attached hydrogen (secondary N) is 1. The molecule has 1 amide bonds. The van der Waals surface area contributed by atoms with Crippen LogP contribution >= 0.6 is 0 Å². The topological polar surface area (TPSA) is 58.4 Å². The second kappa shape index (κ2) is 8.48. The minimum Gasteiger partial charge on any atom is -0.356 e. The van der Waals surface area contributed by atoms with E-state index in [9.17, 15) is 4.79 Å². The molecule has 0 spiro atoms. The van der Waals surface area contributed by atoms with Crippen LogP contribution in [0, 0.1) is 11.8 Å². The molecule has 0 aromatic rings. The molecule has 0 aromatic heterocycles. The van der Waals surface area contributed by atoms with Gasteiger partial charge in [0.2, 0.25) is 5.91 Å². The first-order valence-electron chi connectivity index (χ1n) is 7.41. The van der Waals surface area contributed by atoms with Crippen LogP contribution in [0.3, 0.4) is 0 Å². The fourth-order valence-corrected chi connectivity index (χ4v) is 2.60. The molecule has 0 aliphatic carbocycles. The standard InChI is InChI=1S/C14H29N3O/c1-3-5-13(10-15)14(18)16-11-12-6-8-17(4-2)9-7-12/h12-13H,3-11,15H2,1-2H3,(H,16,18). The van der Waals surface area contributed by atoms with E-state index in [1.807, 2.05) is 0 Å². The minimum atomic E-state index is 0.00531. The Kier molecular flexibility index (Phi) is 7.28. The summed E-state index contributed by atoms with van der Waals surface area (Å²) in [5.74, 6) is 0.805. The number of amides is 1. The summed E-state index contributed by atoms with van der Waals surface area (Å²) in [4.78, 5) is 14.4. The van der Waals surface area contributed by atoms with Crippen molar-refractivity contribution >= 4 is 5.91 Å². The Bertz CT molecular complexity index is 237. The van der Waals surface area contributed by atoms with E-state index >= 15 is 0 Å². The fourth-order valence-electron chi connectivity index (χ4n) is 2.60. The van der Waals surface area contributed by atoms with E-state index in [1.165, 1.54) is 25.9 Å². The van der Waals surface area contributed by atoms with Gasteiger partial charge in [0, 0.05) is 13.1 Å². The highest BCUT2D eigenvalue weighted by atomic mass is 16.1. The van der Waals surface area contributed by atoms with Gasteiger partial charge in [-0.05, 0) is 44.8 Å². The van der Waals surface area contributed by atoms with Crippen molar-refractivity contribution in [2.45, 2.75) is 39.5 Å². The van der Waals surface area contributed by atoms with Crippen molar-refractivity contribution in [1.82, 2.24) is 10.2 Å². The van der Waals surface area contributed by atoms with Crippen molar-refractivity contribution in [3.05, 3.63) is 0 Å². The highest BCUT2D eigenvalue weighted by Crippen LogP contribution is 2.16. The van der Waals surface area contributed by atoms with Crippen LogP contribution in [0.5, 0.6) is 0 Å². The molecule has 4 nitrogen and oxygen atoms in total. The quantitative estimate of drug-likeness (QED) is 0.719. The van der Waals surface area contributed by atoms with Gasteiger partial charge in [-0.25, -0.2) is 0 Å². The van der Waals surface area contributed by atoms with E-state index < -0.39 is 0 Å².